The van der Waals surface area contributed by atoms with Gasteiger partial charge in [0, 0.05) is 13.6 Å². The molecule has 0 bridgehead atoms. The largest absolute Gasteiger partial charge is 0.494 e. The van der Waals surface area contributed by atoms with E-state index in [1.54, 1.807) is 44.3 Å². The van der Waals surface area contributed by atoms with E-state index in [9.17, 15) is 14.0 Å². The second-order valence-corrected chi connectivity index (χ2v) is 5.75. The summed E-state index contributed by atoms with van der Waals surface area (Å²) in [5.41, 5.74) is 1.05. The monoisotopic (exact) mass is 375 g/mol. The molecule has 0 spiro atoms. The zero-order valence-electron chi connectivity index (χ0n) is 15.5. The molecular weight excluding hydrogens is 353 g/mol. The fourth-order valence-corrected chi connectivity index (χ4v) is 2.33. The second-order valence-electron chi connectivity index (χ2n) is 5.75. The lowest BCUT2D eigenvalue weighted by Gasteiger charge is -2.18. The van der Waals surface area contributed by atoms with E-state index < -0.39 is 11.8 Å². The maximum atomic E-state index is 13.7. The van der Waals surface area contributed by atoms with E-state index >= 15 is 0 Å². The SMILES string of the molecule is CCOC(=O)c1ccc(OCC(=O)N(C)Cc2ccc(OC)c(F)c2)cc1. The maximum Gasteiger partial charge on any atom is 0.338 e. The number of likely N-dealkylation sites (N-methyl/N-ethyl adjacent to an activating group) is 1. The van der Waals surface area contributed by atoms with Crippen LogP contribution in [0, 0.1) is 5.82 Å². The lowest BCUT2D eigenvalue weighted by atomic mass is 10.2. The Morgan fingerprint density at radius 2 is 1.81 bits per heavy atom. The Balaban J connectivity index is 1.87. The third-order valence-corrected chi connectivity index (χ3v) is 3.79. The molecule has 1 amide bonds. The van der Waals surface area contributed by atoms with E-state index in [-0.39, 0.29) is 24.8 Å². The first-order valence-electron chi connectivity index (χ1n) is 8.41. The molecule has 7 heteroatoms. The number of carbonyl (C=O) groups excluding carboxylic acids is 2. The van der Waals surface area contributed by atoms with Crippen molar-refractivity contribution in [3.8, 4) is 11.5 Å². The van der Waals surface area contributed by atoms with Gasteiger partial charge in [-0.2, -0.15) is 0 Å². The zero-order chi connectivity index (χ0) is 19.8. The third kappa shape index (κ3) is 5.70. The van der Waals surface area contributed by atoms with Gasteiger partial charge in [0.2, 0.25) is 0 Å². The number of methoxy groups -OCH3 is 1. The van der Waals surface area contributed by atoms with E-state index in [2.05, 4.69) is 0 Å². The van der Waals surface area contributed by atoms with Crippen LogP contribution in [0.15, 0.2) is 42.5 Å². The average Bonchev–Trinajstić information content (AvgIpc) is 2.66. The first-order valence-corrected chi connectivity index (χ1v) is 8.41. The van der Waals surface area contributed by atoms with Crippen LogP contribution in [-0.4, -0.2) is 44.1 Å². The average molecular weight is 375 g/mol. The van der Waals surface area contributed by atoms with Crippen LogP contribution in [0.4, 0.5) is 4.39 Å². The summed E-state index contributed by atoms with van der Waals surface area (Å²) < 4.78 is 28.9. The van der Waals surface area contributed by atoms with Crippen molar-refractivity contribution in [1.29, 1.82) is 0 Å². The number of ether oxygens (including phenoxy) is 3. The zero-order valence-corrected chi connectivity index (χ0v) is 15.5. The van der Waals surface area contributed by atoms with Crippen LogP contribution < -0.4 is 9.47 Å². The molecule has 0 aliphatic carbocycles. The number of hydrogen-bond acceptors (Lipinski definition) is 5. The van der Waals surface area contributed by atoms with Crippen LogP contribution in [0.1, 0.15) is 22.8 Å². The van der Waals surface area contributed by atoms with Gasteiger partial charge in [0.1, 0.15) is 5.75 Å². The number of rotatable bonds is 8. The number of esters is 1. The highest BCUT2D eigenvalue weighted by Crippen LogP contribution is 2.18. The summed E-state index contributed by atoms with van der Waals surface area (Å²) in [5.74, 6) is -0.538. The van der Waals surface area contributed by atoms with Gasteiger partial charge in [-0.3, -0.25) is 4.79 Å². The predicted octanol–water partition coefficient (Wildman–Crippen LogP) is 3.05. The molecule has 2 aromatic carbocycles. The quantitative estimate of drug-likeness (QED) is 0.664. The van der Waals surface area contributed by atoms with Gasteiger partial charge in [0.15, 0.2) is 18.2 Å². The molecule has 0 aliphatic rings. The molecule has 0 fully saturated rings. The molecule has 0 unspecified atom stereocenters. The van der Waals surface area contributed by atoms with Crippen LogP contribution in [0.25, 0.3) is 0 Å². The predicted molar refractivity (Wildman–Crippen MR) is 97.3 cm³/mol. The molecule has 0 aliphatic heterocycles. The summed E-state index contributed by atoms with van der Waals surface area (Å²) >= 11 is 0. The van der Waals surface area contributed by atoms with Gasteiger partial charge in [0.05, 0.1) is 19.3 Å². The molecular formula is C20H22FNO5. The molecule has 0 heterocycles. The molecule has 6 nitrogen and oxygen atoms in total. The van der Waals surface area contributed by atoms with Crippen molar-refractivity contribution >= 4 is 11.9 Å². The van der Waals surface area contributed by atoms with Gasteiger partial charge < -0.3 is 19.1 Å². The Morgan fingerprint density at radius 1 is 1.11 bits per heavy atom. The Labute approximate surface area is 157 Å². The summed E-state index contributed by atoms with van der Waals surface area (Å²) in [6.07, 6.45) is 0. The van der Waals surface area contributed by atoms with Crippen molar-refractivity contribution < 1.29 is 28.2 Å². The summed E-state index contributed by atoms with van der Waals surface area (Å²) in [6.45, 7) is 2.10. The highest BCUT2D eigenvalue weighted by molar-refractivity contribution is 5.89. The molecule has 27 heavy (non-hydrogen) atoms. The normalized spacial score (nSPS) is 10.2. The lowest BCUT2D eigenvalue weighted by Crippen LogP contribution is -2.31. The highest BCUT2D eigenvalue weighted by Gasteiger charge is 2.12. The van der Waals surface area contributed by atoms with Crippen molar-refractivity contribution in [2.45, 2.75) is 13.5 Å². The summed E-state index contributed by atoms with van der Waals surface area (Å²) in [5, 5.41) is 0. The first-order chi connectivity index (χ1) is 12.9. The molecule has 0 N–H and O–H groups in total. The minimum atomic E-state index is -0.478. The Bertz CT molecular complexity index is 791. The Morgan fingerprint density at radius 3 is 2.41 bits per heavy atom. The fraction of sp³-hybridized carbons (Fsp3) is 0.300. The van der Waals surface area contributed by atoms with E-state index in [1.807, 2.05) is 0 Å². The van der Waals surface area contributed by atoms with Crippen molar-refractivity contribution in [3.63, 3.8) is 0 Å². The maximum absolute atomic E-state index is 13.7. The molecule has 0 aromatic heterocycles. The van der Waals surface area contributed by atoms with Gasteiger partial charge >= 0.3 is 5.97 Å². The van der Waals surface area contributed by atoms with Gasteiger partial charge in [0.25, 0.3) is 5.91 Å². The molecule has 0 saturated heterocycles. The number of hydrogen-bond donors (Lipinski definition) is 0. The molecule has 0 radical (unpaired) electrons. The van der Waals surface area contributed by atoms with Crippen molar-refractivity contribution in [1.82, 2.24) is 4.90 Å². The van der Waals surface area contributed by atoms with Crippen molar-refractivity contribution in [3.05, 3.63) is 59.4 Å². The third-order valence-electron chi connectivity index (χ3n) is 3.79. The van der Waals surface area contributed by atoms with Gasteiger partial charge in [-0.15, -0.1) is 0 Å². The number of halogens is 1. The molecule has 144 valence electrons. The fourth-order valence-electron chi connectivity index (χ4n) is 2.33. The van der Waals surface area contributed by atoms with Gasteiger partial charge in [-0.25, -0.2) is 9.18 Å². The first kappa shape index (κ1) is 20.2. The van der Waals surface area contributed by atoms with E-state index in [1.165, 1.54) is 24.1 Å². The van der Waals surface area contributed by atoms with Gasteiger partial charge in [-0.1, -0.05) is 6.07 Å². The van der Waals surface area contributed by atoms with Crippen LogP contribution in [0.3, 0.4) is 0 Å². The number of nitrogens with zero attached hydrogens (tertiary/aromatic N) is 1. The van der Waals surface area contributed by atoms with Crippen LogP contribution in [0.2, 0.25) is 0 Å². The van der Waals surface area contributed by atoms with Crippen LogP contribution in [-0.2, 0) is 16.1 Å². The topological polar surface area (TPSA) is 65.1 Å². The highest BCUT2D eigenvalue weighted by atomic mass is 19.1. The summed E-state index contributed by atoms with van der Waals surface area (Å²) in [7, 11) is 3.00. The van der Waals surface area contributed by atoms with E-state index in [4.69, 9.17) is 14.2 Å². The standard InChI is InChI=1S/C20H22FNO5/c1-4-26-20(24)15-6-8-16(9-7-15)27-13-19(23)22(2)12-14-5-10-18(25-3)17(21)11-14/h5-11H,4,12-13H2,1-3H3. The Kier molecular flexibility index (Phi) is 7.16. The van der Waals surface area contributed by atoms with E-state index in [0.717, 1.165) is 0 Å². The lowest BCUT2D eigenvalue weighted by molar-refractivity contribution is -0.132. The molecule has 2 rings (SSSR count). The minimum absolute atomic E-state index is 0.155. The second kappa shape index (κ2) is 9.56. The van der Waals surface area contributed by atoms with Crippen molar-refractivity contribution in [2.24, 2.45) is 0 Å². The number of carbonyl (C=O) groups is 2. The number of amides is 1. The summed E-state index contributed by atoms with van der Waals surface area (Å²) in [6, 6.07) is 10.9. The number of benzene rings is 2. The smallest absolute Gasteiger partial charge is 0.338 e. The minimum Gasteiger partial charge on any atom is -0.494 e. The Hall–Kier alpha value is -3.09. The van der Waals surface area contributed by atoms with Crippen LogP contribution >= 0.6 is 0 Å². The van der Waals surface area contributed by atoms with Crippen molar-refractivity contribution in [2.75, 3.05) is 27.4 Å². The molecule has 0 atom stereocenters. The van der Waals surface area contributed by atoms with Crippen LogP contribution in [0.5, 0.6) is 11.5 Å². The van der Waals surface area contributed by atoms with E-state index in [0.29, 0.717) is 23.5 Å². The van der Waals surface area contributed by atoms with Gasteiger partial charge in [-0.05, 0) is 48.9 Å². The molecule has 2 aromatic rings. The molecule has 0 saturated carbocycles. The summed E-state index contributed by atoms with van der Waals surface area (Å²) in [4.78, 5) is 25.2.